The largest absolute Gasteiger partial charge is 0.465 e. The van der Waals surface area contributed by atoms with Crippen LogP contribution in [0.1, 0.15) is 29.3 Å². The first kappa shape index (κ1) is 26.6. The quantitative estimate of drug-likeness (QED) is 0.149. The van der Waals surface area contributed by atoms with E-state index in [1.54, 1.807) is 19.2 Å². The molecular formula is C20H35IN4O3. The van der Waals surface area contributed by atoms with Gasteiger partial charge >= 0.3 is 5.97 Å². The molecule has 2 N–H and O–H groups in total. The fourth-order valence-corrected chi connectivity index (χ4v) is 2.52. The fraction of sp³-hybridized carbons (Fsp3) is 0.600. The molecule has 0 atom stereocenters. The molecule has 0 aliphatic carbocycles. The highest BCUT2D eigenvalue weighted by atomic mass is 127. The number of halogens is 1. The molecule has 0 aliphatic heterocycles. The zero-order valence-electron chi connectivity index (χ0n) is 17.5. The summed E-state index contributed by atoms with van der Waals surface area (Å²) in [6.07, 6.45) is 1.88. The average Bonchev–Trinajstić information content (AvgIpc) is 2.68. The van der Waals surface area contributed by atoms with E-state index in [2.05, 4.69) is 34.5 Å². The molecule has 28 heavy (non-hydrogen) atoms. The lowest BCUT2D eigenvalue weighted by Gasteiger charge is -2.16. The van der Waals surface area contributed by atoms with Crippen LogP contribution in [0.2, 0.25) is 0 Å². The van der Waals surface area contributed by atoms with Crippen LogP contribution in [-0.4, -0.2) is 77.4 Å². The molecule has 1 aromatic rings. The smallest absolute Gasteiger partial charge is 0.337 e. The Morgan fingerprint density at radius 1 is 1.14 bits per heavy atom. The zero-order chi connectivity index (χ0) is 19.9. The zero-order valence-corrected chi connectivity index (χ0v) is 19.8. The van der Waals surface area contributed by atoms with Crippen LogP contribution in [0.3, 0.4) is 0 Å². The van der Waals surface area contributed by atoms with Gasteiger partial charge in [-0.1, -0.05) is 12.1 Å². The minimum absolute atomic E-state index is 0. The Labute approximate surface area is 186 Å². The first-order chi connectivity index (χ1) is 13.1. The van der Waals surface area contributed by atoms with Crippen LogP contribution < -0.4 is 10.6 Å². The molecular weight excluding hydrogens is 471 g/mol. The van der Waals surface area contributed by atoms with Crippen molar-refractivity contribution >= 4 is 35.9 Å². The van der Waals surface area contributed by atoms with Gasteiger partial charge in [0.2, 0.25) is 0 Å². The van der Waals surface area contributed by atoms with Gasteiger partial charge in [-0.05, 0) is 44.5 Å². The van der Waals surface area contributed by atoms with Crippen molar-refractivity contribution in [2.75, 3.05) is 60.6 Å². The molecule has 0 bridgehead atoms. The molecule has 160 valence electrons. The molecule has 0 aliphatic rings. The normalized spacial score (nSPS) is 11.1. The lowest BCUT2D eigenvalue weighted by Crippen LogP contribution is -2.39. The van der Waals surface area contributed by atoms with Crippen molar-refractivity contribution < 1.29 is 14.3 Å². The summed E-state index contributed by atoms with van der Waals surface area (Å²) in [5.74, 6) is 0.516. The van der Waals surface area contributed by atoms with Crippen LogP contribution in [0, 0.1) is 0 Å². The van der Waals surface area contributed by atoms with Gasteiger partial charge < -0.3 is 25.0 Å². The van der Waals surface area contributed by atoms with Crippen LogP contribution in [0.15, 0.2) is 29.3 Å². The number of esters is 1. The number of hydrogen-bond donors (Lipinski definition) is 2. The Hall–Kier alpha value is -1.39. The summed E-state index contributed by atoms with van der Waals surface area (Å²) in [7, 11) is 5.22. The third-order valence-electron chi connectivity index (χ3n) is 4.07. The van der Waals surface area contributed by atoms with Gasteiger partial charge in [0.1, 0.15) is 0 Å². The lowest BCUT2D eigenvalue weighted by atomic mass is 10.1. The molecule has 0 amide bonds. The van der Waals surface area contributed by atoms with E-state index in [0.29, 0.717) is 5.56 Å². The summed E-state index contributed by atoms with van der Waals surface area (Å²) in [6.45, 7) is 7.10. The third-order valence-corrected chi connectivity index (χ3v) is 4.07. The van der Waals surface area contributed by atoms with Gasteiger partial charge in [0.25, 0.3) is 0 Å². The molecule has 0 spiro atoms. The molecule has 0 unspecified atom stereocenters. The van der Waals surface area contributed by atoms with Crippen molar-refractivity contribution in [2.45, 2.75) is 19.8 Å². The number of methoxy groups -OCH3 is 2. The van der Waals surface area contributed by atoms with E-state index in [-0.39, 0.29) is 29.9 Å². The molecule has 1 rings (SSSR count). The number of aliphatic imine (C=N–C) groups is 1. The molecule has 0 aromatic heterocycles. The summed E-state index contributed by atoms with van der Waals surface area (Å²) >= 11 is 0. The number of ether oxygens (including phenoxy) is 2. The van der Waals surface area contributed by atoms with Gasteiger partial charge in [-0.15, -0.1) is 24.0 Å². The van der Waals surface area contributed by atoms with E-state index in [9.17, 15) is 4.79 Å². The summed E-state index contributed by atoms with van der Waals surface area (Å²) in [4.78, 5) is 18.3. The molecule has 0 saturated heterocycles. The minimum atomic E-state index is -0.312. The maximum absolute atomic E-state index is 11.5. The average molecular weight is 506 g/mol. The van der Waals surface area contributed by atoms with Gasteiger partial charge in [0, 0.05) is 39.9 Å². The summed E-state index contributed by atoms with van der Waals surface area (Å²) in [6, 6.07) is 7.49. The number of carbonyl (C=O) groups excluding carboxylic acids is 1. The van der Waals surface area contributed by atoms with Crippen molar-refractivity contribution in [1.82, 2.24) is 15.5 Å². The monoisotopic (exact) mass is 506 g/mol. The number of rotatable bonds is 12. The lowest BCUT2D eigenvalue weighted by molar-refractivity contribution is 0.0600. The number of likely N-dealkylation sites (N-methyl/N-ethyl adjacent to an activating group) is 1. The Morgan fingerprint density at radius 2 is 1.86 bits per heavy atom. The number of guanidine groups is 1. The standard InChI is InChI=1S/C20H34N4O3.HI/c1-5-21-20(23-13-15-24(2)14-6-16-26-3)22-12-11-17-7-9-18(10-8-17)19(25)27-4;/h7-10H,5-6,11-16H2,1-4H3,(H2,21,22,23);1H. The van der Waals surface area contributed by atoms with E-state index >= 15 is 0 Å². The predicted octanol–water partition coefficient (Wildman–Crippen LogP) is 2.16. The second-order valence-electron chi connectivity index (χ2n) is 6.28. The predicted molar refractivity (Wildman–Crippen MR) is 125 cm³/mol. The number of nitrogens with zero attached hydrogens (tertiary/aromatic N) is 2. The maximum atomic E-state index is 11.5. The van der Waals surface area contributed by atoms with E-state index < -0.39 is 0 Å². The molecule has 8 heteroatoms. The number of nitrogens with one attached hydrogen (secondary N) is 2. The van der Waals surface area contributed by atoms with E-state index in [4.69, 9.17) is 9.47 Å². The van der Waals surface area contributed by atoms with Gasteiger partial charge in [-0.2, -0.15) is 0 Å². The van der Waals surface area contributed by atoms with Crippen molar-refractivity contribution in [3.63, 3.8) is 0 Å². The highest BCUT2D eigenvalue weighted by molar-refractivity contribution is 14.0. The van der Waals surface area contributed by atoms with Crippen LogP contribution >= 0.6 is 24.0 Å². The van der Waals surface area contributed by atoms with Crippen LogP contribution in [0.4, 0.5) is 0 Å². The van der Waals surface area contributed by atoms with Crippen molar-refractivity contribution in [1.29, 1.82) is 0 Å². The van der Waals surface area contributed by atoms with Crippen molar-refractivity contribution in [2.24, 2.45) is 4.99 Å². The van der Waals surface area contributed by atoms with Crippen molar-refractivity contribution in [3.05, 3.63) is 35.4 Å². The Kier molecular flexibility index (Phi) is 15.7. The Bertz CT molecular complexity index is 567. The highest BCUT2D eigenvalue weighted by Crippen LogP contribution is 2.06. The number of benzene rings is 1. The second kappa shape index (κ2) is 16.6. The molecule has 0 radical (unpaired) electrons. The van der Waals surface area contributed by atoms with E-state index in [1.165, 1.54) is 7.11 Å². The summed E-state index contributed by atoms with van der Waals surface area (Å²) in [5, 5.41) is 6.62. The van der Waals surface area contributed by atoms with Crippen LogP contribution in [0.5, 0.6) is 0 Å². The number of carbonyl (C=O) groups is 1. The van der Waals surface area contributed by atoms with Gasteiger partial charge in [-0.3, -0.25) is 4.99 Å². The molecule has 0 fully saturated rings. The molecule has 1 aromatic carbocycles. The van der Waals surface area contributed by atoms with Gasteiger partial charge in [0.05, 0.1) is 19.2 Å². The first-order valence-electron chi connectivity index (χ1n) is 9.47. The van der Waals surface area contributed by atoms with Crippen molar-refractivity contribution in [3.8, 4) is 0 Å². The first-order valence-corrected chi connectivity index (χ1v) is 9.47. The molecule has 7 nitrogen and oxygen atoms in total. The topological polar surface area (TPSA) is 75.2 Å². The Balaban J connectivity index is 0.00000729. The summed E-state index contributed by atoms with van der Waals surface area (Å²) in [5.41, 5.74) is 1.72. The van der Waals surface area contributed by atoms with Gasteiger partial charge in [-0.25, -0.2) is 4.79 Å². The third kappa shape index (κ3) is 11.5. The minimum Gasteiger partial charge on any atom is -0.465 e. The highest BCUT2D eigenvalue weighted by Gasteiger charge is 2.04. The van der Waals surface area contributed by atoms with Crippen LogP contribution in [-0.2, 0) is 15.9 Å². The molecule has 0 saturated carbocycles. The van der Waals surface area contributed by atoms with Crippen LogP contribution in [0.25, 0.3) is 0 Å². The van der Waals surface area contributed by atoms with E-state index in [1.807, 2.05) is 12.1 Å². The van der Waals surface area contributed by atoms with Gasteiger partial charge in [0.15, 0.2) is 5.96 Å². The molecule has 0 heterocycles. The maximum Gasteiger partial charge on any atom is 0.337 e. The SMILES string of the molecule is CCNC(=NCCN(C)CCCOC)NCCc1ccc(C(=O)OC)cc1.I. The number of hydrogen-bond acceptors (Lipinski definition) is 5. The fourth-order valence-electron chi connectivity index (χ4n) is 2.52. The Morgan fingerprint density at radius 3 is 2.46 bits per heavy atom. The second-order valence-corrected chi connectivity index (χ2v) is 6.28. The van der Waals surface area contributed by atoms with E-state index in [0.717, 1.165) is 63.7 Å². The summed E-state index contributed by atoms with van der Waals surface area (Å²) < 4.78 is 9.79.